The quantitative estimate of drug-likeness (QED) is 0.805. The second-order valence-corrected chi connectivity index (χ2v) is 4.67. The van der Waals surface area contributed by atoms with Crippen molar-refractivity contribution in [3.63, 3.8) is 0 Å². The molecular formula is C15H18N4O. The minimum absolute atomic E-state index is 0.103. The van der Waals surface area contributed by atoms with Gasteiger partial charge in [0.25, 0.3) is 0 Å². The summed E-state index contributed by atoms with van der Waals surface area (Å²) in [5, 5.41) is 0. The number of para-hydroxylation sites is 1. The first-order chi connectivity index (χ1) is 9.58. The molecule has 1 heterocycles. The molecule has 4 N–H and O–H groups in total. The van der Waals surface area contributed by atoms with E-state index in [-0.39, 0.29) is 6.54 Å². The maximum atomic E-state index is 11.3. The first-order valence-corrected chi connectivity index (χ1v) is 6.36. The van der Waals surface area contributed by atoms with Gasteiger partial charge in [-0.05, 0) is 30.2 Å². The van der Waals surface area contributed by atoms with E-state index in [4.69, 9.17) is 11.5 Å². The van der Waals surface area contributed by atoms with Gasteiger partial charge in [0.1, 0.15) is 5.82 Å². The average molecular weight is 270 g/mol. The number of nitrogens with zero attached hydrogens (tertiary/aromatic N) is 2. The Morgan fingerprint density at radius 1 is 1.25 bits per heavy atom. The number of aromatic nitrogens is 1. The Morgan fingerprint density at radius 3 is 2.65 bits per heavy atom. The maximum Gasteiger partial charge on any atom is 0.237 e. The predicted octanol–water partition coefficient (Wildman–Crippen LogP) is 1.46. The summed E-state index contributed by atoms with van der Waals surface area (Å²) in [5.74, 6) is 0.346. The number of carbonyl (C=O) groups is 1. The highest BCUT2D eigenvalue weighted by Gasteiger charge is 2.14. The second kappa shape index (κ2) is 6.06. The van der Waals surface area contributed by atoms with Crippen LogP contribution in [0.5, 0.6) is 0 Å². The van der Waals surface area contributed by atoms with Gasteiger partial charge < -0.3 is 16.4 Å². The van der Waals surface area contributed by atoms with Gasteiger partial charge >= 0.3 is 0 Å². The molecule has 1 aromatic carbocycles. The summed E-state index contributed by atoms with van der Waals surface area (Å²) in [6.07, 6.45) is 1.70. The molecule has 1 aromatic heterocycles. The largest absolute Gasteiger partial charge is 0.398 e. The van der Waals surface area contributed by atoms with Gasteiger partial charge in [0.2, 0.25) is 5.91 Å². The van der Waals surface area contributed by atoms with Crippen LogP contribution < -0.4 is 16.4 Å². The van der Waals surface area contributed by atoms with E-state index in [1.54, 1.807) is 6.20 Å². The minimum Gasteiger partial charge on any atom is -0.398 e. The van der Waals surface area contributed by atoms with Crippen molar-refractivity contribution in [3.8, 4) is 0 Å². The van der Waals surface area contributed by atoms with E-state index in [0.717, 1.165) is 16.9 Å². The zero-order chi connectivity index (χ0) is 14.5. The fourth-order valence-electron chi connectivity index (χ4n) is 2.09. The molecule has 0 aliphatic carbocycles. The van der Waals surface area contributed by atoms with Crippen LogP contribution in [0.3, 0.4) is 0 Å². The van der Waals surface area contributed by atoms with Crippen LogP contribution in [-0.2, 0) is 11.3 Å². The lowest BCUT2D eigenvalue weighted by Gasteiger charge is -2.24. The summed E-state index contributed by atoms with van der Waals surface area (Å²) < 4.78 is 0. The third-order valence-corrected chi connectivity index (χ3v) is 3.04. The number of rotatable bonds is 5. The molecule has 0 spiro atoms. The normalized spacial score (nSPS) is 10.2. The molecule has 0 radical (unpaired) electrons. The summed E-state index contributed by atoms with van der Waals surface area (Å²) in [6, 6.07) is 11.4. The number of anilines is 2. The molecule has 2 rings (SSSR count). The highest BCUT2D eigenvalue weighted by Crippen LogP contribution is 2.20. The number of aryl methyl sites for hydroxylation is 1. The van der Waals surface area contributed by atoms with E-state index < -0.39 is 5.91 Å². The summed E-state index contributed by atoms with van der Waals surface area (Å²) in [4.78, 5) is 17.5. The third-order valence-electron chi connectivity index (χ3n) is 3.04. The predicted molar refractivity (Wildman–Crippen MR) is 80.1 cm³/mol. The van der Waals surface area contributed by atoms with Crippen molar-refractivity contribution in [2.75, 3.05) is 17.2 Å². The first-order valence-electron chi connectivity index (χ1n) is 6.36. The zero-order valence-corrected chi connectivity index (χ0v) is 11.4. The highest BCUT2D eigenvalue weighted by atomic mass is 16.1. The van der Waals surface area contributed by atoms with Gasteiger partial charge in [-0.15, -0.1) is 0 Å². The lowest BCUT2D eigenvalue weighted by molar-refractivity contribution is -0.116. The number of nitrogens with two attached hydrogens (primary N) is 2. The van der Waals surface area contributed by atoms with Crippen LogP contribution in [0.25, 0.3) is 0 Å². The molecule has 0 bridgehead atoms. The van der Waals surface area contributed by atoms with Crippen molar-refractivity contribution in [3.05, 3.63) is 53.7 Å². The number of carbonyl (C=O) groups excluding carboxylic acids is 1. The van der Waals surface area contributed by atoms with Crippen molar-refractivity contribution >= 4 is 17.4 Å². The van der Waals surface area contributed by atoms with E-state index in [0.29, 0.717) is 12.2 Å². The van der Waals surface area contributed by atoms with Crippen molar-refractivity contribution < 1.29 is 4.79 Å². The van der Waals surface area contributed by atoms with Crippen LogP contribution in [0, 0.1) is 6.92 Å². The topological polar surface area (TPSA) is 85.2 Å². The molecule has 0 aliphatic rings. The number of amides is 1. The average Bonchev–Trinajstić information content (AvgIpc) is 2.40. The fourth-order valence-corrected chi connectivity index (χ4v) is 2.09. The number of hydrogen-bond acceptors (Lipinski definition) is 4. The number of pyridine rings is 1. The van der Waals surface area contributed by atoms with Gasteiger partial charge in [0.15, 0.2) is 0 Å². The Kier molecular flexibility index (Phi) is 4.20. The molecule has 0 atom stereocenters. The summed E-state index contributed by atoms with van der Waals surface area (Å²) in [5.41, 5.74) is 13.9. The van der Waals surface area contributed by atoms with Gasteiger partial charge in [-0.2, -0.15) is 0 Å². The number of hydrogen-bond donors (Lipinski definition) is 2. The molecule has 0 saturated carbocycles. The number of primary amides is 1. The summed E-state index contributed by atoms with van der Waals surface area (Å²) in [7, 11) is 0. The highest BCUT2D eigenvalue weighted by molar-refractivity contribution is 5.79. The van der Waals surface area contributed by atoms with Crippen molar-refractivity contribution in [2.24, 2.45) is 5.73 Å². The molecule has 0 unspecified atom stereocenters. The molecule has 2 aromatic rings. The minimum atomic E-state index is -0.399. The molecule has 1 amide bonds. The van der Waals surface area contributed by atoms with Crippen molar-refractivity contribution in [2.45, 2.75) is 13.5 Å². The standard InChI is InChI=1S/C15H18N4O/c1-11-5-4-8-18-15(11)19(10-14(17)20)9-12-6-2-3-7-13(12)16/h2-8H,9-10,16H2,1H3,(H2,17,20). The van der Waals surface area contributed by atoms with Gasteiger partial charge in [-0.25, -0.2) is 4.98 Å². The van der Waals surface area contributed by atoms with E-state index in [1.165, 1.54) is 0 Å². The van der Waals surface area contributed by atoms with Gasteiger partial charge in [0.05, 0.1) is 6.54 Å². The van der Waals surface area contributed by atoms with Crippen LogP contribution in [-0.4, -0.2) is 17.4 Å². The maximum absolute atomic E-state index is 11.3. The lowest BCUT2D eigenvalue weighted by atomic mass is 10.1. The number of benzene rings is 1. The summed E-state index contributed by atoms with van der Waals surface area (Å²) >= 11 is 0. The Bertz CT molecular complexity index is 612. The Hall–Kier alpha value is -2.56. The molecule has 5 nitrogen and oxygen atoms in total. The second-order valence-electron chi connectivity index (χ2n) is 4.67. The van der Waals surface area contributed by atoms with Crippen LogP contribution in [0.1, 0.15) is 11.1 Å². The fraction of sp³-hybridized carbons (Fsp3) is 0.200. The lowest BCUT2D eigenvalue weighted by Crippen LogP contribution is -2.34. The molecule has 104 valence electrons. The Labute approximate surface area is 118 Å². The van der Waals surface area contributed by atoms with E-state index >= 15 is 0 Å². The van der Waals surface area contributed by atoms with Crippen molar-refractivity contribution in [1.29, 1.82) is 0 Å². The van der Waals surface area contributed by atoms with Crippen LogP contribution in [0.2, 0.25) is 0 Å². The van der Waals surface area contributed by atoms with E-state index in [9.17, 15) is 4.79 Å². The molecular weight excluding hydrogens is 252 g/mol. The first kappa shape index (κ1) is 13.9. The van der Waals surface area contributed by atoms with E-state index in [2.05, 4.69) is 4.98 Å². The Balaban J connectivity index is 2.32. The van der Waals surface area contributed by atoms with E-state index in [1.807, 2.05) is 48.2 Å². The molecule has 20 heavy (non-hydrogen) atoms. The smallest absolute Gasteiger partial charge is 0.237 e. The number of nitrogen functional groups attached to an aromatic ring is 1. The monoisotopic (exact) mass is 270 g/mol. The summed E-state index contributed by atoms with van der Waals surface area (Å²) in [6.45, 7) is 2.55. The van der Waals surface area contributed by atoms with Gasteiger partial charge in [-0.3, -0.25) is 4.79 Å². The van der Waals surface area contributed by atoms with Crippen LogP contribution in [0.15, 0.2) is 42.6 Å². The molecule has 0 fully saturated rings. The SMILES string of the molecule is Cc1cccnc1N(CC(N)=O)Cc1ccccc1N. The van der Waals surface area contributed by atoms with Gasteiger partial charge in [0, 0.05) is 18.4 Å². The molecule has 0 aliphatic heterocycles. The molecule has 0 saturated heterocycles. The third kappa shape index (κ3) is 3.26. The zero-order valence-electron chi connectivity index (χ0n) is 11.4. The van der Waals surface area contributed by atoms with Gasteiger partial charge in [-0.1, -0.05) is 24.3 Å². The van der Waals surface area contributed by atoms with Crippen LogP contribution >= 0.6 is 0 Å². The molecule has 5 heteroatoms. The van der Waals surface area contributed by atoms with Crippen LogP contribution in [0.4, 0.5) is 11.5 Å². The van der Waals surface area contributed by atoms with Crippen molar-refractivity contribution in [1.82, 2.24) is 4.98 Å². The Morgan fingerprint density at radius 2 is 2.00 bits per heavy atom.